The second kappa shape index (κ2) is 6.22. The molecule has 2 fully saturated rings. The van der Waals surface area contributed by atoms with Crippen LogP contribution in [-0.2, 0) is 24.5 Å². The van der Waals surface area contributed by atoms with E-state index in [1.54, 1.807) is 0 Å². The van der Waals surface area contributed by atoms with Gasteiger partial charge in [0.1, 0.15) is 6.04 Å². The Balaban J connectivity index is 1.59. The predicted octanol–water partition coefficient (Wildman–Crippen LogP) is -0.368. The molecule has 0 aromatic heterocycles. The maximum atomic E-state index is 12.7. The van der Waals surface area contributed by atoms with E-state index in [4.69, 9.17) is 4.18 Å². The highest BCUT2D eigenvalue weighted by molar-refractivity contribution is 7.91. The van der Waals surface area contributed by atoms with E-state index in [0.29, 0.717) is 13.1 Å². The number of carbonyl (C=O) groups is 4. The summed E-state index contributed by atoms with van der Waals surface area (Å²) >= 11 is 0. The van der Waals surface area contributed by atoms with E-state index in [1.807, 2.05) is 0 Å². The van der Waals surface area contributed by atoms with E-state index in [2.05, 4.69) is 5.32 Å². The number of carbonyl (C=O) groups excluding carboxylic acids is 4. The molecule has 3 aliphatic rings. The third-order valence-corrected chi connectivity index (χ3v) is 6.14. The van der Waals surface area contributed by atoms with Gasteiger partial charge in [0.25, 0.3) is 11.8 Å². The van der Waals surface area contributed by atoms with Crippen LogP contribution in [0.25, 0.3) is 0 Å². The number of hydrogen-bond acceptors (Lipinski definition) is 7. The molecule has 4 rings (SSSR count). The van der Waals surface area contributed by atoms with Crippen LogP contribution in [0, 0.1) is 0 Å². The van der Waals surface area contributed by atoms with Crippen molar-refractivity contribution in [2.75, 3.05) is 13.1 Å². The number of nitrogens with one attached hydrogen (secondary N) is 1. The Morgan fingerprint density at radius 1 is 1.11 bits per heavy atom. The standard InChI is InChI=1S/C16H15N3O7S/c20-13-5-4-12(14(21)17-13)19-15(22)10-3-2-9(8-11(10)16(19)23)26-27(24,25)18-6-1-7-18/h2-3,8,12H,1,4-7H2,(H-,17,20,21,24,25). The average Bonchev–Trinajstić information content (AvgIpc) is 2.76. The van der Waals surface area contributed by atoms with Crippen LogP contribution in [0.3, 0.4) is 0 Å². The van der Waals surface area contributed by atoms with Crippen molar-refractivity contribution >= 4 is 34.3 Å². The Kier molecular flexibility index (Phi) is 4.09. The first-order chi connectivity index (χ1) is 12.8. The SMILES string of the molecule is O=C1CCC(N2C(=O)c3ccc(O[S+](=O)([O-])N4CCC4)cc3C2=O)C(=O)N1. The van der Waals surface area contributed by atoms with Crippen molar-refractivity contribution in [2.45, 2.75) is 25.3 Å². The largest absolute Gasteiger partial charge is 0.559 e. The van der Waals surface area contributed by atoms with E-state index in [1.165, 1.54) is 18.2 Å². The molecule has 11 heteroatoms. The minimum Gasteiger partial charge on any atom is -0.559 e. The first kappa shape index (κ1) is 17.8. The van der Waals surface area contributed by atoms with Crippen LogP contribution < -0.4 is 9.50 Å². The Morgan fingerprint density at radius 3 is 2.44 bits per heavy atom. The van der Waals surface area contributed by atoms with Crippen LogP contribution in [0.15, 0.2) is 18.2 Å². The van der Waals surface area contributed by atoms with Crippen molar-refractivity contribution < 1.29 is 32.1 Å². The van der Waals surface area contributed by atoms with E-state index in [-0.39, 0.29) is 29.7 Å². The number of piperidine rings is 1. The number of rotatable bonds is 4. The summed E-state index contributed by atoms with van der Waals surface area (Å²) in [6.45, 7) is 0.738. The molecule has 2 saturated heterocycles. The lowest BCUT2D eigenvalue weighted by Crippen LogP contribution is -2.54. The normalized spacial score (nSPS) is 24.9. The topological polar surface area (TPSA) is 136 Å². The van der Waals surface area contributed by atoms with Gasteiger partial charge in [-0.15, -0.1) is 0 Å². The number of fused-ring (bicyclic) bond motifs is 1. The van der Waals surface area contributed by atoms with Crippen molar-refractivity contribution in [3.63, 3.8) is 0 Å². The first-order valence-corrected chi connectivity index (χ1v) is 9.69. The molecule has 0 bridgehead atoms. The Labute approximate surface area is 155 Å². The van der Waals surface area contributed by atoms with Crippen molar-refractivity contribution in [1.29, 1.82) is 0 Å². The molecule has 1 aromatic rings. The van der Waals surface area contributed by atoms with E-state index in [0.717, 1.165) is 15.6 Å². The zero-order valence-electron chi connectivity index (χ0n) is 14.0. The fourth-order valence-electron chi connectivity index (χ4n) is 3.19. The third-order valence-electron chi connectivity index (χ3n) is 4.74. The summed E-state index contributed by atoms with van der Waals surface area (Å²) in [5.41, 5.74) is 0.0133. The molecule has 4 amide bonds. The van der Waals surface area contributed by atoms with Gasteiger partial charge in [-0.3, -0.25) is 33.6 Å². The van der Waals surface area contributed by atoms with Gasteiger partial charge in [-0.25, -0.2) is 0 Å². The van der Waals surface area contributed by atoms with Crippen LogP contribution in [0.1, 0.15) is 40.0 Å². The van der Waals surface area contributed by atoms with Crippen molar-refractivity contribution in [3.05, 3.63) is 29.3 Å². The zero-order chi connectivity index (χ0) is 19.3. The summed E-state index contributed by atoms with van der Waals surface area (Å²) in [5.74, 6) is -2.65. The molecule has 142 valence electrons. The molecule has 3 aliphatic heterocycles. The lowest BCUT2D eigenvalue weighted by atomic mass is 10.0. The van der Waals surface area contributed by atoms with Gasteiger partial charge in [-0.2, -0.15) is 0 Å². The van der Waals surface area contributed by atoms with Gasteiger partial charge in [0.05, 0.1) is 11.1 Å². The molecule has 0 aliphatic carbocycles. The first-order valence-electron chi connectivity index (χ1n) is 8.33. The molecule has 1 N–H and O–H groups in total. The van der Waals surface area contributed by atoms with E-state index in [9.17, 15) is 27.9 Å². The van der Waals surface area contributed by atoms with Gasteiger partial charge in [-0.1, -0.05) is 4.31 Å². The summed E-state index contributed by atoms with van der Waals surface area (Å²) in [6.07, 6.45) is 0.815. The fraction of sp³-hybridized carbons (Fsp3) is 0.375. The number of amides is 4. The highest BCUT2D eigenvalue weighted by Gasteiger charge is 2.45. The van der Waals surface area contributed by atoms with E-state index >= 15 is 0 Å². The number of benzene rings is 1. The van der Waals surface area contributed by atoms with Crippen LogP contribution in [0.4, 0.5) is 0 Å². The number of imide groups is 2. The van der Waals surface area contributed by atoms with Crippen LogP contribution in [0.2, 0.25) is 0 Å². The maximum Gasteiger partial charge on any atom is 0.315 e. The molecule has 27 heavy (non-hydrogen) atoms. The van der Waals surface area contributed by atoms with Gasteiger partial charge < -0.3 is 4.55 Å². The molecular weight excluding hydrogens is 378 g/mol. The molecule has 3 heterocycles. The Bertz CT molecular complexity index is 927. The lowest BCUT2D eigenvalue weighted by molar-refractivity contribution is -0.136. The lowest BCUT2D eigenvalue weighted by Gasteiger charge is -2.31. The minimum atomic E-state index is -3.95. The summed E-state index contributed by atoms with van der Waals surface area (Å²) in [6, 6.07) is 2.68. The van der Waals surface area contributed by atoms with Crippen molar-refractivity contribution in [3.8, 4) is 5.75 Å². The van der Waals surface area contributed by atoms with Crippen molar-refractivity contribution in [2.24, 2.45) is 0 Å². The molecule has 1 aromatic carbocycles. The molecule has 0 radical (unpaired) electrons. The predicted molar refractivity (Wildman–Crippen MR) is 88.8 cm³/mol. The minimum absolute atomic E-state index is 0.0201. The highest BCUT2D eigenvalue weighted by atomic mass is 32.3. The van der Waals surface area contributed by atoms with Gasteiger partial charge in [-0.05, 0) is 29.2 Å². The molecule has 0 spiro atoms. The fourth-order valence-corrected chi connectivity index (χ4v) is 4.34. The van der Waals surface area contributed by atoms with Crippen LogP contribution in [-0.4, -0.2) is 56.5 Å². The number of nitrogens with zero attached hydrogens (tertiary/aromatic N) is 2. The van der Waals surface area contributed by atoms with Crippen LogP contribution >= 0.6 is 0 Å². The maximum absolute atomic E-state index is 12.7. The van der Waals surface area contributed by atoms with Gasteiger partial charge in [0, 0.05) is 25.6 Å². The second-order valence-electron chi connectivity index (χ2n) is 6.45. The Hall–Kier alpha value is -2.63. The molecule has 2 unspecified atom stereocenters. The molecule has 10 nitrogen and oxygen atoms in total. The quantitative estimate of drug-likeness (QED) is 0.544. The molecule has 0 saturated carbocycles. The highest BCUT2D eigenvalue weighted by Crippen LogP contribution is 2.31. The monoisotopic (exact) mass is 393 g/mol. The van der Waals surface area contributed by atoms with Gasteiger partial charge in [0.15, 0.2) is 5.75 Å². The Morgan fingerprint density at radius 2 is 1.81 bits per heavy atom. The summed E-state index contributed by atoms with van der Waals surface area (Å²) < 4.78 is 30.3. The van der Waals surface area contributed by atoms with E-state index < -0.39 is 40.4 Å². The summed E-state index contributed by atoms with van der Waals surface area (Å²) in [5, 5.41) is 2.11. The zero-order valence-corrected chi connectivity index (χ0v) is 14.8. The average molecular weight is 393 g/mol. The van der Waals surface area contributed by atoms with Crippen LogP contribution in [0.5, 0.6) is 5.75 Å². The molecule has 2 atom stereocenters. The summed E-state index contributed by atoms with van der Waals surface area (Å²) in [4.78, 5) is 49.3. The molecular formula is C16H15N3O7S. The smallest absolute Gasteiger partial charge is 0.315 e. The van der Waals surface area contributed by atoms with Gasteiger partial charge >= 0.3 is 10.7 Å². The van der Waals surface area contributed by atoms with Crippen molar-refractivity contribution in [1.82, 2.24) is 14.5 Å². The summed E-state index contributed by atoms with van der Waals surface area (Å²) in [7, 11) is -3.95. The number of hydrogen-bond donors (Lipinski definition) is 1. The van der Waals surface area contributed by atoms with Gasteiger partial charge in [0.2, 0.25) is 11.8 Å². The second-order valence-corrected chi connectivity index (χ2v) is 7.99. The third kappa shape index (κ3) is 2.93.